The summed E-state index contributed by atoms with van der Waals surface area (Å²) in [5.41, 5.74) is 3.21. The standard InChI is InChI=1S/C32H35N3O3/c1-22(2)32(37)35-23(3)19-34(20-27-10-6-9-25-8-4-5-11-28(25)27)21-29(35)31(36)33-18-24-13-15-26(16-14-24)30-12-7-17-38-30/h4-17,22-23,29H,18-21H2,1-3H3,(H,33,36). The van der Waals surface area contributed by atoms with E-state index in [0.29, 0.717) is 13.1 Å². The third-order valence-corrected chi connectivity index (χ3v) is 7.32. The second kappa shape index (κ2) is 11.2. The van der Waals surface area contributed by atoms with Crippen LogP contribution in [0.3, 0.4) is 0 Å². The number of rotatable bonds is 7. The van der Waals surface area contributed by atoms with Crippen LogP contribution in [-0.4, -0.2) is 46.8 Å². The average molecular weight is 510 g/mol. The monoisotopic (exact) mass is 509 g/mol. The number of benzene rings is 3. The van der Waals surface area contributed by atoms with Crippen molar-refractivity contribution in [1.29, 1.82) is 0 Å². The first-order chi connectivity index (χ1) is 18.4. The molecule has 3 aromatic carbocycles. The van der Waals surface area contributed by atoms with Crippen LogP contribution < -0.4 is 5.32 Å². The van der Waals surface area contributed by atoms with Crippen LogP contribution in [-0.2, 0) is 22.7 Å². The van der Waals surface area contributed by atoms with E-state index in [2.05, 4.69) is 52.7 Å². The SMILES string of the molecule is CC(C)C(=O)N1C(C)CN(Cc2cccc3ccccc23)CC1C(=O)NCc1ccc(-c2ccco2)cc1. The van der Waals surface area contributed by atoms with Gasteiger partial charge < -0.3 is 14.6 Å². The number of hydrogen-bond acceptors (Lipinski definition) is 4. The number of nitrogens with one attached hydrogen (secondary N) is 1. The molecule has 1 aliphatic rings. The molecule has 2 unspecified atom stereocenters. The Labute approximate surface area is 224 Å². The molecule has 0 saturated carbocycles. The van der Waals surface area contributed by atoms with Crippen molar-refractivity contribution >= 4 is 22.6 Å². The second-order valence-electron chi connectivity index (χ2n) is 10.5. The molecule has 1 aromatic heterocycles. The molecule has 0 radical (unpaired) electrons. The molecule has 2 amide bonds. The van der Waals surface area contributed by atoms with Crippen LogP contribution in [0.4, 0.5) is 0 Å². The molecular formula is C32H35N3O3. The van der Waals surface area contributed by atoms with Gasteiger partial charge in [-0.2, -0.15) is 0 Å². The topological polar surface area (TPSA) is 65.8 Å². The number of hydrogen-bond donors (Lipinski definition) is 1. The largest absolute Gasteiger partial charge is 0.464 e. The van der Waals surface area contributed by atoms with Crippen molar-refractivity contribution in [2.24, 2.45) is 5.92 Å². The van der Waals surface area contributed by atoms with Gasteiger partial charge in [0.1, 0.15) is 11.8 Å². The van der Waals surface area contributed by atoms with Crippen LogP contribution in [0.15, 0.2) is 89.5 Å². The number of fused-ring (bicyclic) bond motifs is 1. The first-order valence-electron chi connectivity index (χ1n) is 13.3. The molecule has 38 heavy (non-hydrogen) atoms. The Kier molecular flexibility index (Phi) is 7.61. The van der Waals surface area contributed by atoms with Gasteiger partial charge in [-0.1, -0.05) is 80.6 Å². The lowest BCUT2D eigenvalue weighted by molar-refractivity contribution is -0.150. The summed E-state index contributed by atoms with van der Waals surface area (Å²) in [6.07, 6.45) is 1.66. The predicted octanol–water partition coefficient (Wildman–Crippen LogP) is 5.47. The molecule has 196 valence electrons. The van der Waals surface area contributed by atoms with Gasteiger partial charge in [0.2, 0.25) is 11.8 Å². The Morgan fingerprint density at radius 1 is 0.947 bits per heavy atom. The van der Waals surface area contributed by atoms with Gasteiger partial charge in [-0.3, -0.25) is 14.5 Å². The Hall–Kier alpha value is -3.90. The molecule has 0 aliphatic carbocycles. The van der Waals surface area contributed by atoms with Crippen LogP contribution >= 0.6 is 0 Å². The highest BCUT2D eigenvalue weighted by Crippen LogP contribution is 2.25. The number of nitrogens with zero attached hydrogens (tertiary/aromatic N) is 2. The fourth-order valence-electron chi connectivity index (χ4n) is 5.39. The molecule has 1 fully saturated rings. The summed E-state index contributed by atoms with van der Waals surface area (Å²) < 4.78 is 5.46. The normalized spacial score (nSPS) is 18.2. The quantitative estimate of drug-likeness (QED) is 0.359. The van der Waals surface area contributed by atoms with Crippen LogP contribution in [0.5, 0.6) is 0 Å². The van der Waals surface area contributed by atoms with Crippen molar-refractivity contribution in [3.8, 4) is 11.3 Å². The van der Waals surface area contributed by atoms with E-state index in [1.54, 1.807) is 11.2 Å². The predicted molar refractivity (Wildman–Crippen MR) is 150 cm³/mol. The molecule has 0 bridgehead atoms. The van der Waals surface area contributed by atoms with Gasteiger partial charge in [-0.25, -0.2) is 0 Å². The van der Waals surface area contributed by atoms with E-state index in [-0.39, 0.29) is 23.8 Å². The lowest BCUT2D eigenvalue weighted by Crippen LogP contribution is -2.64. The molecule has 0 spiro atoms. The van der Waals surface area contributed by atoms with E-state index in [1.807, 2.05) is 57.2 Å². The number of carbonyl (C=O) groups excluding carboxylic acids is 2. The van der Waals surface area contributed by atoms with E-state index in [1.165, 1.54) is 16.3 Å². The fraction of sp³-hybridized carbons (Fsp3) is 0.312. The minimum Gasteiger partial charge on any atom is -0.464 e. The Morgan fingerprint density at radius 2 is 1.71 bits per heavy atom. The summed E-state index contributed by atoms with van der Waals surface area (Å²) in [5, 5.41) is 5.53. The minimum atomic E-state index is -0.550. The molecule has 1 N–H and O–H groups in total. The van der Waals surface area contributed by atoms with Crippen molar-refractivity contribution < 1.29 is 14.0 Å². The third kappa shape index (κ3) is 5.50. The maximum Gasteiger partial charge on any atom is 0.244 e. The van der Waals surface area contributed by atoms with Gasteiger partial charge in [-0.15, -0.1) is 0 Å². The average Bonchev–Trinajstić information content (AvgIpc) is 3.47. The van der Waals surface area contributed by atoms with Gasteiger partial charge in [0, 0.05) is 43.7 Å². The number of furan rings is 1. The molecule has 4 aromatic rings. The van der Waals surface area contributed by atoms with Crippen molar-refractivity contribution in [1.82, 2.24) is 15.1 Å². The van der Waals surface area contributed by atoms with E-state index < -0.39 is 6.04 Å². The summed E-state index contributed by atoms with van der Waals surface area (Å²) in [7, 11) is 0. The fourth-order valence-corrected chi connectivity index (χ4v) is 5.39. The number of carbonyl (C=O) groups is 2. The number of amides is 2. The third-order valence-electron chi connectivity index (χ3n) is 7.32. The van der Waals surface area contributed by atoms with Gasteiger partial charge >= 0.3 is 0 Å². The number of piperazine rings is 1. The highest BCUT2D eigenvalue weighted by Gasteiger charge is 2.40. The first kappa shape index (κ1) is 25.7. The Balaban J connectivity index is 1.32. The van der Waals surface area contributed by atoms with Gasteiger partial charge in [0.05, 0.1) is 6.26 Å². The van der Waals surface area contributed by atoms with E-state index in [0.717, 1.165) is 30.0 Å². The van der Waals surface area contributed by atoms with E-state index >= 15 is 0 Å². The van der Waals surface area contributed by atoms with Crippen LogP contribution in [0, 0.1) is 5.92 Å². The first-order valence-corrected chi connectivity index (χ1v) is 13.3. The summed E-state index contributed by atoms with van der Waals surface area (Å²) in [4.78, 5) is 30.9. The zero-order valence-corrected chi connectivity index (χ0v) is 22.3. The molecule has 6 heteroatoms. The lowest BCUT2D eigenvalue weighted by atomic mass is 10.00. The maximum absolute atomic E-state index is 13.6. The lowest BCUT2D eigenvalue weighted by Gasteiger charge is -2.45. The highest BCUT2D eigenvalue weighted by molar-refractivity contribution is 5.89. The van der Waals surface area contributed by atoms with Crippen molar-refractivity contribution in [2.45, 2.75) is 45.9 Å². The van der Waals surface area contributed by atoms with Crippen LogP contribution in [0.2, 0.25) is 0 Å². The molecule has 1 aliphatic heterocycles. The highest BCUT2D eigenvalue weighted by atomic mass is 16.3. The van der Waals surface area contributed by atoms with Crippen molar-refractivity contribution in [3.05, 3.63) is 96.3 Å². The van der Waals surface area contributed by atoms with Gasteiger partial charge in [-0.05, 0) is 41.0 Å². The van der Waals surface area contributed by atoms with Crippen molar-refractivity contribution in [3.63, 3.8) is 0 Å². The smallest absolute Gasteiger partial charge is 0.244 e. The summed E-state index contributed by atoms with van der Waals surface area (Å²) in [6, 6.07) is 25.9. The Morgan fingerprint density at radius 3 is 2.45 bits per heavy atom. The maximum atomic E-state index is 13.6. The minimum absolute atomic E-state index is 0.0188. The molecule has 6 nitrogen and oxygen atoms in total. The summed E-state index contributed by atoms with van der Waals surface area (Å²) >= 11 is 0. The zero-order chi connectivity index (χ0) is 26.6. The Bertz CT molecular complexity index is 1390. The van der Waals surface area contributed by atoms with E-state index in [4.69, 9.17) is 4.42 Å². The zero-order valence-electron chi connectivity index (χ0n) is 22.3. The molecule has 2 atom stereocenters. The summed E-state index contributed by atoms with van der Waals surface area (Å²) in [6.45, 7) is 8.18. The van der Waals surface area contributed by atoms with E-state index in [9.17, 15) is 9.59 Å². The second-order valence-corrected chi connectivity index (χ2v) is 10.5. The molecule has 2 heterocycles. The van der Waals surface area contributed by atoms with Crippen LogP contribution in [0.25, 0.3) is 22.1 Å². The molecule has 1 saturated heterocycles. The van der Waals surface area contributed by atoms with Gasteiger partial charge in [0.15, 0.2) is 0 Å². The van der Waals surface area contributed by atoms with Crippen molar-refractivity contribution in [2.75, 3.05) is 13.1 Å². The van der Waals surface area contributed by atoms with Crippen LogP contribution in [0.1, 0.15) is 31.9 Å². The summed E-state index contributed by atoms with van der Waals surface area (Å²) in [5.74, 6) is 0.534. The molecule has 5 rings (SSSR count). The van der Waals surface area contributed by atoms with Gasteiger partial charge in [0.25, 0.3) is 0 Å². The molecular weight excluding hydrogens is 474 g/mol.